The molecule has 5 nitrogen and oxygen atoms in total. The molecule has 0 unspecified atom stereocenters. The number of rotatable bonds is 8. The summed E-state index contributed by atoms with van der Waals surface area (Å²) in [6, 6.07) is 5.17. The maximum absolute atomic E-state index is 12.1. The standard InChI is InChI=1S/C16H25ClN2O3S/c1-12(2)11-18-16(20)9-6-10-19(23(4,21)22)15-8-5-7-14(17)13(15)3/h5,7-8,12H,6,9-11H2,1-4H3,(H,18,20). The molecule has 0 aliphatic carbocycles. The van der Waals surface area contributed by atoms with Crippen molar-refractivity contribution in [3.63, 3.8) is 0 Å². The summed E-state index contributed by atoms with van der Waals surface area (Å²) in [7, 11) is -3.44. The van der Waals surface area contributed by atoms with Crippen molar-refractivity contribution in [2.75, 3.05) is 23.7 Å². The number of hydrogen-bond donors (Lipinski definition) is 1. The highest BCUT2D eigenvalue weighted by Crippen LogP contribution is 2.28. The Hall–Kier alpha value is -1.27. The Labute approximate surface area is 144 Å². The first-order valence-corrected chi connectivity index (χ1v) is 9.85. The van der Waals surface area contributed by atoms with E-state index in [4.69, 9.17) is 11.6 Å². The number of carbonyl (C=O) groups is 1. The molecule has 1 aromatic rings. The average molecular weight is 361 g/mol. The van der Waals surface area contributed by atoms with Gasteiger partial charge in [0.15, 0.2) is 0 Å². The largest absolute Gasteiger partial charge is 0.356 e. The predicted molar refractivity (Wildman–Crippen MR) is 95.5 cm³/mol. The van der Waals surface area contributed by atoms with E-state index in [1.54, 1.807) is 25.1 Å². The molecule has 1 N–H and O–H groups in total. The maximum Gasteiger partial charge on any atom is 0.232 e. The van der Waals surface area contributed by atoms with Crippen LogP contribution in [0.25, 0.3) is 0 Å². The number of nitrogens with one attached hydrogen (secondary N) is 1. The van der Waals surface area contributed by atoms with Crippen molar-refractivity contribution < 1.29 is 13.2 Å². The Kier molecular flexibility index (Phi) is 7.35. The molecule has 23 heavy (non-hydrogen) atoms. The number of nitrogens with zero attached hydrogens (tertiary/aromatic N) is 1. The normalized spacial score (nSPS) is 11.6. The van der Waals surface area contributed by atoms with Gasteiger partial charge in [-0.05, 0) is 37.0 Å². The molecule has 0 radical (unpaired) electrons. The number of benzene rings is 1. The quantitative estimate of drug-likeness (QED) is 0.775. The first-order chi connectivity index (χ1) is 10.6. The van der Waals surface area contributed by atoms with E-state index in [1.165, 1.54) is 4.31 Å². The van der Waals surface area contributed by atoms with Crippen molar-refractivity contribution in [3.05, 3.63) is 28.8 Å². The van der Waals surface area contributed by atoms with Crippen molar-refractivity contribution in [1.82, 2.24) is 5.32 Å². The van der Waals surface area contributed by atoms with Crippen LogP contribution in [-0.4, -0.2) is 33.7 Å². The highest BCUT2D eigenvalue weighted by molar-refractivity contribution is 7.92. The van der Waals surface area contributed by atoms with Crippen molar-refractivity contribution in [3.8, 4) is 0 Å². The molecule has 0 saturated carbocycles. The Morgan fingerprint density at radius 2 is 2.00 bits per heavy atom. The van der Waals surface area contributed by atoms with Crippen LogP contribution in [0.1, 0.15) is 32.3 Å². The monoisotopic (exact) mass is 360 g/mol. The molecule has 0 saturated heterocycles. The molecular formula is C16H25ClN2O3S. The van der Waals surface area contributed by atoms with Gasteiger partial charge in [-0.3, -0.25) is 9.10 Å². The lowest BCUT2D eigenvalue weighted by Crippen LogP contribution is -2.33. The van der Waals surface area contributed by atoms with Crippen LogP contribution in [0, 0.1) is 12.8 Å². The van der Waals surface area contributed by atoms with Gasteiger partial charge < -0.3 is 5.32 Å². The van der Waals surface area contributed by atoms with Crippen LogP contribution in [0.3, 0.4) is 0 Å². The number of sulfonamides is 1. The van der Waals surface area contributed by atoms with Gasteiger partial charge >= 0.3 is 0 Å². The first-order valence-electron chi connectivity index (χ1n) is 7.62. The average Bonchev–Trinajstić information content (AvgIpc) is 2.43. The summed E-state index contributed by atoms with van der Waals surface area (Å²) in [6.45, 7) is 6.70. The third-order valence-electron chi connectivity index (χ3n) is 3.38. The topological polar surface area (TPSA) is 66.5 Å². The minimum Gasteiger partial charge on any atom is -0.356 e. The van der Waals surface area contributed by atoms with Gasteiger partial charge in [-0.15, -0.1) is 0 Å². The molecule has 0 aromatic heterocycles. The first kappa shape index (κ1) is 19.8. The zero-order valence-electron chi connectivity index (χ0n) is 14.1. The lowest BCUT2D eigenvalue weighted by molar-refractivity contribution is -0.121. The van der Waals surface area contributed by atoms with E-state index in [-0.39, 0.29) is 12.5 Å². The minimum atomic E-state index is -3.44. The fourth-order valence-electron chi connectivity index (χ4n) is 2.12. The molecule has 0 aliphatic rings. The molecule has 1 aromatic carbocycles. The van der Waals surface area contributed by atoms with E-state index in [0.29, 0.717) is 41.6 Å². The van der Waals surface area contributed by atoms with Crippen molar-refractivity contribution in [1.29, 1.82) is 0 Å². The number of halogens is 1. The third-order valence-corrected chi connectivity index (χ3v) is 4.97. The van der Waals surface area contributed by atoms with Gasteiger partial charge in [0.2, 0.25) is 15.9 Å². The molecule has 0 atom stereocenters. The second kappa shape index (κ2) is 8.55. The zero-order chi connectivity index (χ0) is 17.6. The Bertz CT molecular complexity index is 645. The number of anilines is 1. The molecule has 0 spiro atoms. The van der Waals surface area contributed by atoms with Crippen LogP contribution in [0.4, 0.5) is 5.69 Å². The molecule has 130 valence electrons. The summed E-state index contributed by atoms with van der Waals surface area (Å²) < 4.78 is 25.4. The molecule has 0 bridgehead atoms. The third kappa shape index (κ3) is 6.39. The van der Waals surface area contributed by atoms with E-state index >= 15 is 0 Å². The highest BCUT2D eigenvalue weighted by Gasteiger charge is 2.20. The minimum absolute atomic E-state index is 0.0602. The van der Waals surface area contributed by atoms with Crippen molar-refractivity contribution >= 4 is 33.2 Å². The number of amides is 1. The summed E-state index contributed by atoms with van der Waals surface area (Å²) in [5.41, 5.74) is 1.27. The Balaban J connectivity index is 2.75. The van der Waals surface area contributed by atoms with E-state index < -0.39 is 10.0 Å². The van der Waals surface area contributed by atoms with E-state index in [0.717, 1.165) is 6.26 Å². The fraction of sp³-hybridized carbons (Fsp3) is 0.562. The molecule has 0 heterocycles. The van der Waals surface area contributed by atoms with Gasteiger partial charge in [0, 0.05) is 24.5 Å². The Morgan fingerprint density at radius 1 is 1.35 bits per heavy atom. The van der Waals surface area contributed by atoms with Gasteiger partial charge in [-0.1, -0.05) is 31.5 Å². The van der Waals surface area contributed by atoms with Crippen LogP contribution in [0.15, 0.2) is 18.2 Å². The van der Waals surface area contributed by atoms with E-state index in [1.807, 2.05) is 13.8 Å². The second-order valence-electron chi connectivity index (χ2n) is 6.02. The molecule has 7 heteroatoms. The molecule has 1 amide bonds. The van der Waals surface area contributed by atoms with E-state index in [2.05, 4.69) is 5.32 Å². The van der Waals surface area contributed by atoms with Crippen LogP contribution < -0.4 is 9.62 Å². The lowest BCUT2D eigenvalue weighted by Gasteiger charge is -2.24. The second-order valence-corrected chi connectivity index (χ2v) is 8.33. The van der Waals surface area contributed by atoms with E-state index in [9.17, 15) is 13.2 Å². The van der Waals surface area contributed by atoms with Crippen LogP contribution in [0.2, 0.25) is 5.02 Å². The van der Waals surface area contributed by atoms with Gasteiger partial charge in [0.25, 0.3) is 0 Å². The van der Waals surface area contributed by atoms with Gasteiger partial charge in [-0.25, -0.2) is 8.42 Å². The van der Waals surface area contributed by atoms with Gasteiger partial charge in [0.1, 0.15) is 0 Å². The zero-order valence-corrected chi connectivity index (χ0v) is 15.7. The number of carbonyl (C=O) groups excluding carboxylic acids is 1. The predicted octanol–water partition coefficient (Wildman–Crippen LogP) is 2.97. The van der Waals surface area contributed by atoms with Crippen molar-refractivity contribution in [2.24, 2.45) is 5.92 Å². The molecular weight excluding hydrogens is 336 g/mol. The van der Waals surface area contributed by atoms with Crippen LogP contribution in [0.5, 0.6) is 0 Å². The molecule has 0 aliphatic heterocycles. The van der Waals surface area contributed by atoms with Crippen molar-refractivity contribution in [2.45, 2.75) is 33.6 Å². The van der Waals surface area contributed by atoms with Gasteiger partial charge in [0.05, 0.1) is 11.9 Å². The number of hydrogen-bond acceptors (Lipinski definition) is 3. The van der Waals surface area contributed by atoms with Crippen LogP contribution in [-0.2, 0) is 14.8 Å². The SMILES string of the molecule is Cc1c(Cl)cccc1N(CCCC(=O)NCC(C)C)S(C)(=O)=O. The Morgan fingerprint density at radius 3 is 2.57 bits per heavy atom. The molecule has 0 fully saturated rings. The van der Waals surface area contributed by atoms with Crippen LogP contribution >= 0.6 is 11.6 Å². The fourth-order valence-corrected chi connectivity index (χ4v) is 3.31. The van der Waals surface area contributed by atoms with Gasteiger partial charge in [-0.2, -0.15) is 0 Å². The summed E-state index contributed by atoms with van der Waals surface area (Å²) in [4.78, 5) is 11.7. The summed E-state index contributed by atoms with van der Waals surface area (Å²) >= 11 is 6.08. The summed E-state index contributed by atoms with van der Waals surface area (Å²) in [5, 5.41) is 3.35. The summed E-state index contributed by atoms with van der Waals surface area (Å²) in [6.07, 6.45) is 1.90. The highest BCUT2D eigenvalue weighted by atomic mass is 35.5. The maximum atomic E-state index is 12.1. The smallest absolute Gasteiger partial charge is 0.232 e. The lowest BCUT2D eigenvalue weighted by atomic mass is 10.2. The molecule has 1 rings (SSSR count). The summed E-state index contributed by atoms with van der Waals surface area (Å²) in [5.74, 6) is 0.329.